The summed E-state index contributed by atoms with van der Waals surface area (Å²) >= 11 is 6.42. The van der Waals surface area contributed by atoms with Gasteiger partial charge in [0, 0.05) is 13.1 Å². The van der Waals surface area contributed by atoms with E-state index in [2.05, 4.69) is 30.2 Å². The lowest BCUT2D eigenvalue weighted by Crippen LogP contribution is -2.35. The molecule has 10 heteroatoms. The summed E-state index contributed by atoms with van der Waals surface area (Å²) in [5, 5.41) is 4.31. The Balaban J connectivity index is 1.57. The summed E-state index contributed by atoms with van der Waals surface area (Å²) in [7, 11) is 0. The third-order valence-corrected chi connectivity index (χ3v) is 6.65. The number of anilines is 1. The molecule has 2 unspecified atom stereocenters. The number of imidazole rings is 1. The molecular weight excluding hydrogens is 416 g/mol. The summed E-state index contributed by atoms with van der Waals surface area (Å²) in [6, 6.07) is 5.43. The molecule has 2 aliphatic heterocycles. The van der Waals surface area contributed by atoms with Crippen molar-refractivity contribution in [2.24, 2.45) is 0 Å². The van der Waals surface area contributed by atoms with E-state index in [1.54, 1.807) is 12.4 Å². The molecule has 2 fully saturated rings. The molecule has 4 aromatic rings. The molecule has 0 spiro atoms. The second kappa shape index (κ2) is 7.28. The molecule has 5 heterocycles. The third kappa shape index (κ3) is 2.91. The molecule has 2 atom stereocenters. The highest BCUT2D eigenvalue weighted by Gasteiger charge is 2.35. The van der Waals surface area contributed by atoms with Gasteiger partial charge in [0.2, 0.25) is 0 Å². The van der Waals surface area contributed by atoms with Crippen molar-refractivity contribution in [3.63, 3.8) is 0 Å². The van der Waals surface area contributed by atoms with Gasteiger partial charge in [0.1, 0.15) is 17.7 Å². The van der Waals surface area contributed by atoms with Gasteiger partial charge in [-0.3, -0.25) is 9.36 Å². The van der Waals surface area contributed by atoms with E-state index >= 15 is 0 Å². The molecule has 2 N–H and O–H groups in total. The zero-order valence-electron chi connectivity index (χ0n) is 16.8. The van der Waals surface area contributed by atoms with Crippen LogP contribution in [0.1, 0.15) is 37.2 Å². The average Bonchev–Trinajstić information content (AvgIpc) is 3.54. The fourth-order valence-corrected chi connectivity index (χ4v) is 5.18. The van der Waals surface area contributed by atoms with E-state index in [0.717, 1.165) is 56.1 Å². The van der Waals surface area contributed by atoms with Gasteiger partial charge in [-0.2, -0.15) is 0 Å². The average molecular weight is 437 g/mol. The van der Waals surface area contributed by atoms with Gasteiger partial charge in [0.25, 0.3) is 5.56 Å². The van der Waals surface area contributed by atoms with E-state index in [-0.39, 0.29) is 17.6 Å². The molecule has 9 nitrogen and oxygen atoms in total. The number of aromatic amines is 1. The van der Waals surface area contributed by atoms with Crippen LogP contribution in [0.5, 0.6) is 0 Å². The largest absolute Gasteiger partial charge is 0.345 e. The minimum Gasteiger partial charge on any atom is -0.345 e. The van der Waals surface area contributed by atoms with Crippen molar-refractivity contribution in [3.8, 4) is 0 Å². The molecule has 0 saturated carbocycles. The molecule has 0 amide bonds. The lowest BCUT2D eigenvalue weighted by atomic mass is 10.1. The molecule has 2 saturated heterocycles. The first-order valence-electron chi connectivity index (χ1n) is 10.5. The summed E-state index contributed by atoms with van der Waals surface area (Å²) in [6.07, 6.45) is 5.92. The van der Waals surface area contributed by atoms with Gasteiger partial charge in [0.05, 0.1) is 34.3 Å². The number of H-pyrrole nitrogens is 1. The number of rotatable bonds is 3. The van der Waals surface area contributed by atoms with E-state index in [1.165, 1.54) is 6.33 Å². The Morgan fingerprint density at radius 3 is 2.97 bits per heavy atom. The van der Waals surface area contributed by atoms with Crippen molar-refractivity contribution < 1.29 is 0 Å². The lowest BCUT2D eigenvalue weighted by Gasteiger charge is -2.29. The van der Waals surface area contributed by atoms with Gasteiger partial charge < -0.3 is 15.2 Å². The first-order chi connectivity index (χ1) is 15.2. The van der Waals surface area contributed by atoms with Crippen molar-refractivity contribution in [2.75, 3.05) is 24.5 Å². The van der Waals surface area contributed by atoms with Crippen molar-refractivity contribution in [2.45, 2.75) is 31.3 Å². The number of hydrogen-bond acceptors (Lipinski definition) is 7. The number of nitrogens with one attached hydrogen (secondary N) is 2. The molecule has 0 radical (unpaired) electrons. The summed E-state index contributed by atoms with van der Waals surface area (Å²) in [5.74, 6) is 1.57. The Hall–Kier alpha value is -3.04. The van der Waals surface area contributed by atoms with E-state index in [4.69, 9.17) is 16.6 Å². The summed E-state index contributed by atoms with van der Waals surface area (Å²) in [5.41, 5.74) is 2.00. The molecule has 31 heavy (non-hydrogen) atoms. The maximum absolute atomic E-state index is 13.7. The van der Waals surface area contributed by atoms with Gasteiger partial charge >= 0.3 is 0 Å². The minimum atomic E-state index is -0.0712. The normalized spacial score (nSPS) is 21.5. The molecule has 6 rings (SSSR count). The van der Waals surface area contributed by atoms with Crippen LogP contribution in [0.3, 0.4) is 0 Å². The molecule has 3 aromatic heterocycles. The van der Waals surface area contributed by atoms with Crippen LogP contribution in [0.15, 0.2) is 35.6 Å². The predicted molar refractivity (Wildman–Crippen MR) is 119 cm³/mol. The van der Waals surface area contributed by atoms with Gasteiger partial charge in [-0.05, 0) is 37.9 Å². The van der Waals surface area contributed by atoms with Gasteiger partial charge in [-0.15, -0.1) is 0 Å². The molecule has 158 valence electrons. The highest BCUT2D eigenvalue weighted by atomic mass is 35.5. The molecular formula is C21H21ClN8O. The van der Waals surface area contributed by atoms with Crippen molar-refractivity contribution in [1.82, 2.24) is 34.8 Å². The first-order valence-corrected chi connectivity index (χ1v) is 10.9. The molecule has 0 bridgehead atoms. The fourth-order valence-electron chi connectivity index (χ4n) is 4.93. The Labute approximate surface area is 182 Å². The van der Waals surface area contributed by atoms with Crippen LogP contribution in [0.2, 0.25) is 5.02 Å². The zero-order chi connectivity index (χ0) is 20.9. The van der Waals surface area contributed by atoms with Gasteiger partial charge in [-0.1, -0.05) is 17.7 Å². The van der Waals surface area contributed by atoms with Crippen LogP contribution in [0.4, 0.5) is 5.82 Å². The van der Waals surface area contributed by atoms with Crippen molar-refractivity contribution in [3.05, 3.63) is 52.1 Å². The maximum atomic E-state index is 13.7. The Morgan fingerprint density at radius 1 is 1.16 bits per heavy atom. The van der Waals surface area contributed by atoms with Gasteiger partial charge in [0.15, 0.2) is 11.5 Å². The quantitative estimate of drug-likeness (QED) is 0.508. The summed E-state index contributed by atoms with van der Waals surface area (Å²) in [6.45, 7) is 2.45. The van der Waals surface area contributed by atoms with Crippen LogP contribution >= 0.6 is 11.6 Å². The van der Waals surface area contributed by atoms with E-state index in [0.29, 0.717) is 21.6 Å². The number of halogens is 1. The standard InChI is InChI=1S/C21H21ClN8O/c22-13-3-1-4-14-16(13)21(31)30(12-6-7-23-9-12)19(28-14)15-5-2-8-29(15)20-17-18(25-10-24-17)26-11-27-20/h1,3-4,10-12,15,23H,2,5-9H2,(H,24,25,26,27). The molecule has 2 aliphatic rings. The Kier molecular flexibility index (Phi) is 4.39. The Morgan fingerprint density at radius 2 is 2.10 bits per heavy atom. The molecule has 1 aromatic carbocycles. The van der Waals surface area contributed by atoms with Crippen molar-refractivity contribution >= 4 is 39.5 Å². The SMILES string of the molecule is O=c1c2c(Cl)cccc2nc(C2CCCN2c2ncnc3nc[nH]c23)n1C1CCNC1. The second-order valence-electron chi connectivity index (χ2n) is 8.08. The van der Waals surface area contributed by atoms with E-state index < -0.39 is 0 Å². The number of aromatic nitrogens is 6. The highest BCUT2D eigenvalue weighted by molar-refractivity contribution is 6.35. The molecule has 0 aliphatic carbocycles. The zero-order valence-corrected chi connectivity index (χ0v) is 17.5. The third-order valence-electron chi connectivity index (χ3n) is 6.33. The Bertz CT molecular complexity index is 1340. The second-order valence-corrected chi connectivity index (χ2v) is 8.48. The van der Waals surface area contributed by atoms with Crippen LogP contribution in [0, 0.1) is 0 Å². The van der Waals surface area contributed by atoms with Crippen LogP contribution < -0.4 is 15.8 Å². The smallest absolute Gasteiger partial charge is 0.263 e. The maximum Gasteiger partial charge on any atom is 0.263 e. The summed E-state index contributed by atoms with van der Waals surface area (Å²) in [4.78, 5) is 37.1. The minimum absolute atomic E-state index is 0.0516. The van der Waals surface area contributed by atoms with E-state index in [1.807, 2.05) is 16.7 Å². The van der Waals surface area contributed by atoms with Crippen molar-refractivity contribution in [1.29, 1.82) is 0 Å². The summed E-state index contributed by atoms with van der Waals surface area (Å²) < 4.78 is 1.88. The van der Waals surface area contributed by atoms with Gasteiger partial charge in [-0.25, -0.2) is 19.9 Å². The van der Waals surface area contributed by atoms with E-state index in [9.17, 15) is 4.79 Å². The highest BCUT2D eigenvalue weighted by Crippen LogP contribution is 2.38. The van der Waals surface area contributed by atoms with Crippen LogP contribution in [0.25, 0.3) is 22.1 Å². The number of nitrogens with zero attached hydrogens (tertiary/aromatic N) is 6. The monoisotopic (exact) mass is 436 g/mol. The number of benzene rings is 1. The van der Waals surface area contributed by atoms with Crippen LogP contribution in [-0.4, -0.2) is 49.1 Å². The number of fused-ring (bicyclic) bond motifs is 2. The fraction of sp³-hybridized carbons (Fsp3) is 0.381. The predicted octanol–water partition coefficient (Wildman–Crippen LogP) is 2.59. The van der Waals surface area contributed by atoms with Crippen LogP contribution in [-0.2, 0) is 0 Å². The number of hydrogen-bond donors (Lipinski definition) is 2. The lowest BCUT2D eigenvalue weighted by molar-refractivity contribution is 0.473. The topological polar surface area (TPSA) is 105 Å². The first kappa shape index (κ1) is 18.7.